The van der Waals surface area contributed by atoms with E-state index in [1.165, 1.54) is 76.0 Å². The van der Waals surface area contributed by atoms with Gasteiger partial charge in [0.1, 0.15) is 13.2 Å². The number of rotatable bonds is 39. The molecule has 0 saturated heterocycles. The molecule has 14 heteroatoms. The van der Waals surface area contributed by atoms with Crippen molar-refractivity contribution >= 4 is 31.5 Å². The van der Waals surface area contributed by atoms with Gasteiger partial charge in [-0.3, -0.25) is 18.6 Å². The largest absolute Gasteiger partial charge is 0.481 e. The van der Waals surface area contributed by atoms with Crippen LogP contribution >= 0.6 is 19.6 Å². The van der Waals surface area contributed by atoms with E-state index < -0.39 is 55.8 Å². The Morgan fingerprint density at radius 2 is 1.37 bits per heavy atom. The first-order chi connectivity index (χ1) is 28.1. The molecule has 1 amide bonds. The summed E-state index contributed by atoms with van der Waals surface area (Å²) in [5.74, 6) is -1.46. The smallest absolute Gasteiger partial charge is 0.472 e. The zero-order chi connectivity index (χ0) is 44.2. The summed E-state index contributed by atoms with van der Waals surface area (Å²) in [5, 5.41) is 33.3. The fourth-order valence-electron chi connectivity index (χ4n) is 5.75. The molecule has 0 radical (unpaired) electrons. The van der Waals surface area contributed by atoms with E-state index in [-0.39, 0.29) is 25.2 Å². The number of hydrogen-bond donors (Lipinski definition) is 6. The van der Waals surface area contributed by atoms with Gasteiger partial charge in [0.2, 0.25) is 5.91 Å². The fourth-order valence-corrected chi connectivity index (χ4v) is 7.63. The molecule has 0 aromatic carbocycles. The zero-order valence-corrected chi connectivity index (χ0v) is 38.8. The Bertz CT molecular complexity index is 1270. The Kier molecular flexibility index (Phi) is 35.3. The highest BCUT2D eigenvalue weighted by atomic mass is 32.2. The van der Waals surface area contributed by atoms with Crippen LogP contribution in [0.4, 0.5) is 0 Å². The Labute approximate surface area is 362 Å². The second kappa shape index (κ2) is 36.6. The standard InChI is InChI=1S/C45H82N3O9PS/c1-6-8-10-12-14-16-18-20-22-24-26-28-31-41(49)40(37-57-58(54,55)56-36-35-48(3,4)5)47-45(53)39(46)38-59-43(42(50)32-30-34-44(51)52)33-29-27-25-23-21-19-17-15-13-11-9-7-2/h15,17,21,23,25,27-29,31,33,39-43,49-50H,6-14,16,18-20,22,24,26,30,32,34-38,46H2,1-5H3,(H2-,47,51,52,53,54,55)/p+1/b17-15-,23-21-,27-25+,31-28+,33-29+/t39-,40-,41+,42-,43+/m0/s1. The topological polar surface area (TPSA) is 189 Å². The van der Waals surface area contributed by atoms with Gasteiger partial charge in [-0.2, -0.15) is 0 Å². The minimum atomic E-state index is -4.50. The summed E-state index contributed by atoms with van der Waals surface area (Å²) in [6, 6.07) is -2.17. The summed E-state index contributed by atoms with van der Waals surface area (Å²) in [7, 11) is 1.26. The maximum Gasteiger partial charge on any atom is 0.472 e. The Morgan fingerprint density at radius 1 is 0.780 bits per heavy atom. The number of phosphoric ester groups is 1. The quantitative estimate of drug-likeness (QED) is 0.0114. The molecule has 0 aromatic rings. The highest BCUT2D eigenvalue weighted by Crippen LogP contribution is 2.43. The molecule has 0 aliphatic carbocycles. The third-order valence-electron chi connectivity index (χ3n) is 9.49. The number of carbonyl (C=O) groups is 2. The summed E-state index contributed by atoms with van der Waals surface area (Å²) in [5.41, 5.74) is 6.31. The van der Waals surface area contributed by atoms with Gasteiger partial charge >= 0.3 is 13.8 Å². The number of amides is 1. The number of carbonyl (C=O) groups excluding carboxylic acids is 1. The van der Waals surface area contributed by atoms with Crippen molar-refractivity contribution in [3.63, 3.8) is 0 Å². The maximum absolute atomic E-state index is 13.4. The van der Waals surface area contributed by atoms with Crippen LogP contribution < -0.4 is 11.1 Å². The van der Waals surface area contributed by atoms with Gasteiger partial charge in [0, 0.05) is 17.4 Å². The lowest BCUT2D eigenvalue weighted by atomic mass is 10.1. The Balaban J connectivity index is 5.48. The van der Waals surface area contributed by atoms with Crippen LogP contribution in [0.3, 0.4) is 0 Å². The van der Waals surface area contributed by atoms with Crippen molar-refractivity contribution in [2.45, 2.75) is 165 Å². The molecule has 1 unspecified atom stereocenters. The van der Waals surface area contributed by atoms with E-state index in [2.05, 4.69) is 31.3 Å². The molecule has 7 N–H and O–H groups in total. The minimum Gasteiger partial charge on any atom is -0.481 e. The van der Waals surface area contributed by atoms with E-state index in [1.807, 2.05) is 51.5 Å². The van der Waals surface area contributed by atoms with Crippen LogP contribution in [0.2, 0.25) is 0 Å². The third-order valence-corrected chi connectivity index (χ3v) is 11.9. The average molecular weight is 873 g/mol. The van der Waals surface area contributed by atoms with Crippen molar-refractivity contribution in [2.75, 3.05) is 46.7 Å². The number of nitrogens with two attached hydrogens (primary N) is 1. The summed E-state index contributed by atoms with van der Waals surface area (Å²) in [4.78, 5) is 34.8. The number of carboxylic acids is 1. The SMILES string of the molecule is CCCCC/C=C\C\C=C/C=C/C=C/[C@@H](SC[C@H](N)C(=O)N[C@@H](COP(=O)(O)OCC[N+](C)(C)C)[C@H](O)/C=C/CCCCCCCCCCCC)[C@@H](O)CCCC(=O)O. The van der Waals surface area contributed by atoms with E-state index in [1.54, 1.807) is 18.2 Å². The van der Waals surface area contributed by atoms with Crippen molar-refractivity contribution in [1.82, 2.24) is 5.32 Å². The lowest BCUT2D eigenvalue weighted by Gasteiger charge is -2.26. The van der Waals surface area contributed by atoms with Crippen molar-refractivity contribution in [1.29, 1.82) is 0 Å². The number of carboxylic acid groups (broad SMARTS) is 1. The first-order valence-electron chi connectivity index (χ1n) is 22.1. The summed E-state index contributed by atoms with van der Waals surface area (Å²) in [6.07, 6.45) is 35.9. The number of aliphatic carboxylic acids is 1. The first kappa shape index (κ1) is 56.9. The third kappa shape index (κ3) is 36.3. The second-order valence-electron chi connectivity index (χ2n) is 16.3. The van der Waals surface area contributed by atoms with Gasteiger partial charge in [-0.25, -0.2) is 4.57 Å². The number of nitrogens with zero attached hydrogens (tertiary/aromatic N) is 1. The predicted octanol–water partition coefficient (Wildman–Crippen LogP) is 8.78. The molecule has 6 atom stereocenters. The van der Waals surface area contributed by atoms with E-state index >= 15 is 0 Å². The van der Waals surface area contributed by atoms with Crippen LogP contribution in [-0.4, -0.2) is 113 Å². The molecule has 0 spiro atoms. The number of allylic oxidation sites excluding steroid dienone is 8. The van der Waals surface area contributed by atoms with Crippen molar-refractivity contribution in [3.8, 4) is 0 Å². The van der Waals surface area contributed by atoms with Crippen molar-refractivity contribution in [2.24, 2.45) is 5.73 Å². The summed E-state index contributed by atoms with van der Waals surface area (Å²) in [6.45, 7) is 4.34. The maximum atomic E-state index is 13.4. The number of hydrogen-bond acceptors (Lipinski definition) is 9. The number of thioether (sulfide) groups is 1. The van der Waals surface area contributed by atoms with Crippen LogP contribution in [0.1, 0.15) is 136 Å². The number of aliphatic hydroxyl groups is 2. The van der Waals surface area contributed by atoms with E-state index in [4.69, 9.17) is 19.9 Å². The number of quaternary nitrogens is 1. The number of nitrogens with one attached hydrogen (secondary N) is 1. The molecule has 0 saturated carbocycles. The normalized spacial score (nSPS) is 16.4. The van der Waals surface area contributed by atoms with Crippen molar-refractivity contribution < 1.29 is 47.9 Å². The molecule has 0 heterocycles. The number of aliphatic hydroxyl groups excluding tert-OH is 2. The molecular formula is C45H83N3O9PS+. The van der Waals surface area contributed by atoms with Crippen molar-refractivity contribution in [3.05, 3.63) is 60.8 Å². The molecule has 342 valence electrons. The van der Waals surface area contributed by atoms with Gasteiger partial charge in [-0.05, 0) is 44.9 Å². The number of likely N-dealkylation sites (N-methyl/N-ethyl adjacent to an activating group) is 1. The van der Waals surface area contributed by atoms with Crippen LogP contribution in [0.25, 0.3) is 0 Å². The second-order valence-corrected chi connectivity index (χ2v) is 18.9. The predicted molar refractivity (Wildman–Crippen MR) is 245 cm³/mol. The molecule has 12 nitrogen and oxygen atoms in total. The van der Waals surface area contributed by atoms with Gasteiger partial charge in [0.15, 0.2) is 0 Å². The molecule has 0 aliphatic heterocycles. The van der Waals surface area contributed by atoms with Gasteiger partial charge < -0.3 is 35.7 Å². The summed E-state index contributed by atoms with van der Waals surface area (Å²) >= 11 is 1.26. The number of phosphoric acid groups is 1. The molecule has 0 aliphatic rings. The van der Waals surface area contributed by atoms with Gasteiger partial charge in [0.25, 0.3) is 0 Å². The lowest BCUT2D eigenvalue weighted by Crippen LogP contribution is -2.52. The zero-order valence-electron chi connectivity index (χ0n) is 37.1. The number of unbranched alkanes of at least 4 members (excludes halogenated alkanes) is 13. The highest BCUT2D eigenvalue weighted by Gasteiger charge is 2.29. The fraction of sp³-hybridized carbons (Fsp3) is 0.733. The lowest BCUT2D eigenvalue weighted by molar-refractivity contribution is -0.870. The highest BCUT2D eigenvalue weighted by molar-refractivity contribution is 8.00. The first-order valence-corrected chi connectivity index (χ1v) is 24.7. The molecule has 0 bridgehead atoms. The van der Waals surface area contributed by atoms with E-state index in [0.29, 0.717) is 17.4 Å². The van der Waals surface area contributed by atoms with Gasteiger partial charge in [-0.15, -0.1) is 11.8 Å². The van der Waals surface area contributed by atoms with Gasteiger partial charge in [0.05, 0.1) is 52.0 Å². The molecular weight excluding hydrogens is 790 g/mol. The van der Waals surface area contributed by atoms with Gasteiger partial charge in [-0.1, -0.05) is 145 Å². The van der Waals surface area contributed by atoms with E-state index in [9.17, 15) is 29.3 Å². The molecule has 0 aromatic heterocycles. The molecule has 0 fully saturated rings. The van der Waals surface area contributed by atoms with Crippen LogP contribution in [0.15, 0.2) is 60.8 Å². The van der Waals surface area contributed by atoms with Crippen LogP contribution in [-0.2, 0) is 23.2 Å². The Hall–Kier alpha value is -2.06. The van der Waals surface area contributed by atoms with Crippen LogP contribution in [0.5, 0.6) is 0 Å². The monoisotopic (exact) mass is 873 g/mol. The summed E-state index contributed by atoms with van der Waals surface area (Å²) < 4.78 is 23.6. The molecule has 59 heavy (non-hydrogen) atoms. The van der Waals surface area contributed by atoms with Crippen LogP contribution in [0, 0.1) is 0 Å². The average Bonchev–Trinajstić information content (AvgIpc) is 3.17. The van der Waals surface area contributed by atoms with E-state index in [0.717, 1.165) is 38.5 Å². The Morgan fingerprint density at radius 3 is 2.02 bits per heavy atom. The molecule has 0 rings (SSSR count). The minimum absolute atomic E-state index is 0.0289.